The zero-order valence-electron chi connectivity index (χ0n) is 11.5. The number of hydrogen-bond acceptors (Lipinski definition) is 4. The highest BCUT2D eigenvalue weighted by atomic mass is 32.1. The average Bonchev–Trinajstić information content (AvgIpc) is 3.06. The number of nitrogens with one attached hydrogen (secondary N) is 2. The number of hydrogen-bond donors (Lipinski definition) is 3. The lowest BCUT2D eigenvalue weighted by atomic mass is 10.1. The Bertz CT molecular complexity index is 683. The summed E-state index contributed by atoms with van der Waals surface area (Å²) >= 11 is 1.46. The second-order valence-corrected chi connectivity index (χ2v) is 5.33. The Labute approximate surface area is 131 Å². The van der Waals surface area contributed by atoms with E-state index in [1.165, 1.54) is 29.5 Å². The highest BCUT2D eigenvalue weighted by Gasteiger charge is 2.10. The molecule has 3 N–H and O–H groups in total. The maximum absolute atomic E-state index is 13.5. The van der Waals surface area contributed by atoms with E-state index in [9.17, 15) is 14.3 Å². The molecule has 22 heavy (non-hydrogen) atoms. The summed E-state index contributed by atoms with van der Waals surface area (Å²) in [6.45, 7) is 0.0189. The van der Waals surface area contributed by atoms with Gasteiger partial charge in [0, 0.05) is 18.7 Å². The number of carbonyl (C=O) groups excluding carboxylic acids is 1. The van der Waals surface area contributed by atoms with E-state index in [1.54, 1.807) is 11.4 Å². The summed E-state index contributed by atoms with van der Waals surface area (Å²) in [5.41, 5.74) is 1.29. The number of halogens is 1. The van der Waals surface area contributed by atoms with Gasteiger partial charge < -0.3 is 15.7 Å². The predicted octanol–water partition coefficient (Wildman–Crippen LogP) is 2.29. The van der Waals surface area contributed by atoms with Crippen molar-refractivity contribution in [1.82, 2.24) is 10.6 Å². The number of carbonyl (C=O) groups is 1. The summed E-state index contributed by atoms with van der Waals surface area (Å²) < 4.78 is 13.5. The molecule has 0 spiro atoms. The van der Waals surface area contributed by atoms with E-state index in [1.807, 2.05) is 11.4 Å². The molecule has 1 heterocycles. The van der Waals surface area contributed by atoms with Crippen molar-refractivity contribution in [3.05, 3.63) is 57.5 Å². The molecule has 0 radical (unpaired) electrons. The summed E-state index contributed by atoms with van der Waals surface area (Å²) in [7, 11) is 0. The maximum atomic E-state index is 13.5. The molecule has 1 aromatic carbocycles. The standard InChI is InChI=1S/C15H14FN3O2S/c16-13-2-1-10(6-17)5-12(13)7-18-15(21)19-8-14(20)11-3-4-22-9-11/h1-5,9,14,20H,7-8H2,(H2,18,19,21). The van der Waals surface area contributed by atoms with Crippen LogP contribution in [0.15, 0.2) is 35.0 Å². The lowest BCUT2D eigenvalue weighted by molar-refractivity contribution is 0.173. The summed E-state index contributed by atoms with van der Waals surface area (Å²) in [4.78, 5) is 11.6. The Kier molecular flexibility index (Phi) is 5.47. The van der Waals surface area contributed by atoms with Crippen LogP contribution < -0.4 is 10.6 Å². The average molecular weight is 319 g/mol. The quantitative estimate of drug-likeness (QED) is 0.790. The van der Waals surface area contributed by atoms with Gasteiger partial charge in [0.05, 0.1) is 17.7 Å². The van der Waals surface area contributed by atoms with E-state index in [0.29, 0.717) is 5.56 Å². The van der Waals surface area contributed by atoms with Crippen LogP contribution in [0.3, 0.4) is 0 Å². The summed E-state index contributed by atoms with van der Waals surface area (Å²) in [5.74, 6) is -0.488. The number of amides is 2. The zero-order valence-corrected chi connectivity index (χ0v) is 12.4. The van der Waals surface area contributed by atoms with Gasteiger partial charge in [-0.05, 0) is 40.6 Å². The van der Waals surface area contributed by atoms with Gasteiger partial charge in [-0.3, -0.25) is 0 Å². The van der Waals surface area contributed by atoms with Gasteiger partial charge in [-0.25, -0.2) is 9.18 Å². The first kappa shape index (κ1) is 15.9. The van der Waals surface area contributed by atoms with Gasteiger partial charge in [0.15, 0.2) is 0 Å². The summed E-state index contributed by atoms with van der Waals surface area (Å²) in [5, 5.41) is 27.2. The number of urea groups is 1. The molecular formula is C15H14FN3O2S. The number of aliphatic hydroxyl groups is 1. The highest BCUT2D eigenvalue weighted by molar-refractivity contribution is 7.07. The fourth-order valence-electron chi connectivity index (χ4n) is 1.79. The highest BCUT2D eigenvalue weighted by Crippen LogP contribution is 2.15. The molecule has 2 aromatic rings. The lowest BCUT2D eigenvalue weighted by Gasteiger charge is -2.12. The molecule has 7 heteroatoms. The van der Waals surface area contributed by atoms with E-state index in [2.05, 4.69) is 10.6 Å². The smallest absolute Gasteiger partial charge is 0.315 e. The fraction of sp³-hybridized carbons (Fsp3) is 0.200. The van der Waals surface area contributed by atoms with E-state index < -0.39 is 18.0 Å². The van der Waals surface area contributed by atoms with Crippen LogP contribution in [0.25, 0.3) is 0 Å². The monoisotopic (exact) mass is 319 g/mol. The number of thiophene rings is 1. The molecule has 2 amide bonds. The van der Waals surface area contributed by atoms with Crippen LogP contribution in [0.4, 0.5) is 9.18 Å². The van der Waals surface area contributed by atoms with Crippen LogP contribution in [-0.4, -0.2) is 17.7 Å². The normalized spacial score (nSPS) is 11.5. The number of aliphatic hydroxyl groups excluding tert-OH is 1. The number of benzene rings is 1. The fourth-order valence-corrected chi connectivity index (χ4v) is 2.50. The maximum Gasteiger partial charge on any atom is 0.315 e. The first-order chi connectivity index (χ1) is 10.6. The Hall–Kier alpha value is -2.43. The molecule has 5 nitrogen and oxygen atoms in total. The molecular weight excluding hydrogens is 305 g/mol. The third kappa shape index (κ3) is 4.28. The molecule has 0 saturated carbocycles. The third-order valence-electron chi connectivity index (χ3n) is 3.00. The zero-order chi connectivity index (χ0) is 15.9. The largest absolute Gasteiger partial charge is 0.387 e. The van der Waals surface area contributed by atoms with Crippen LogP contribution in [-0.2, 0) is 6.54 Å². The lowest BCUT2D eigenvalue weighted by Crippen LogP contribution is -2.37. The molecule has 1 unspecified atom stereocenters. The minimum absolute atomic E-state index is 0.0399. The van der Waals surface area contributed by atoms with Crippen LogP contribution in [0.1, 0.15) is 22.8 Å². The molecule has 1 atom stereocenters. The van der Waals surface area contributed by atoms with Gasteiger partial charge in [0.2, 0.25) is 0 Å². The van der Waals surface area contributed by atoms with Crippen LogP contribution in [0, 0.1) is 17.1 Å². The molecule has 114 valence electrons. The van der Waals surface area contributed by atoms with Gasteiger partial charge in [-0.1, -0.05) is 0 Å². The van der Waals surface area contributed by atoms with E-state index in [4.69, 9.17) is 5.26 Å². The molecule has 1 aromatic heterocycles. The second kappa shape index (κ2) is 7.54. The molecule has 0 saturated heterocycles. The van der Waals surface area contributed by atoms with Crippen molar-refractivity contribution in [2.75, 3.05) is 6.54 Å². The molecule has 0 aliphatic rings. The van der Waals surface area contributed by atoms with Crippen LogP contribution in [0.2, 0.25) is 0 Å². The Balaban J connectivity index is 1.82. The first-order valence-corrected chi connectivity index (χ1v) is 7.45. The Morgan fingerprint density at radius 3 is 2.91 bits per heavy atom. The molecule has 0 aliphatic carbocycles. The van der Waals surface area contributed by atoms with E-state index in [-0.39, 0.29) is 18.7 Å². The predicted molar refractivity (Wildman–Crippen MR) is 80.6 cm³/mol. The van der Waals surface area contributed by atoms with Crippen molar-refractivity contribution in [2.45, 2.75) is 12.6 Å². The van der Waals surface area contributed by atoms with Gasteiger partial charge in [0.25, 0.3) is 0 Å². The van der Waals surface area contributed by atoms with E-state index >= 15 is 0 Å². The summed E-state index contributed by atoms with van der Waals surface area (Å²) in [6.07, 6.45) is -0.782. The molecule has 0 fully saturated rings. The summed E-state index contributed by atoms with van der Waals surface area (Å²) in [6, 6.07) is 7.11. The second-order valence-electron chi connectivity index (χ2n) is 4.55. The van der Waals surface area contributed by atoms with Gasteiger partial charge in [0.1, 0.15) is 5.82 Å². The minimum Gasteiger partial charge on any atom is -0.387 e. The minimum atomic E-state index is -0.782. The molecule has 0 bridgehead atoms. The molecule has 0 aliphatic heterocycles. The van der Waals surface area contributed by atoms with E-state index in [0.717, 1.165) is 5.56 Å². The third-order valence-corrected chi connectivity index (χ3v) is 3.70. The van der Waals surface area contributed by atoms with Crippen LogP contribution >= 0.6 is 11.3 Å². The van der Waals surface area contributed by atoms with Crippen molar-refractivity contribution in [3.8, 4) is 6.07 Å². The van der Waals surface area contributed by atoms with Crippen molar-refractivity contribution in [3.63, 3.8) is 0 Å². The van der Waals surface area contributed by atoms with Crippen molar-refractivity contribution in [2.24, 2.45) is 0 Å². The number of rotatable bonds is 5. The van der Waals surface area contributed by atoms with Crippen molar-refractivity contribution in [1.29, 1.82) is 5.26 Å². The van der Waals surface area contributed by atoms with Crippen molar-refractivity contribution >= 4 is 17.4 Å². The van der Waals surface area contributed by atoms with Gasteiger partial charge in [-0.2, -0.15) is 16.6 Å². The Morgan fingerprint density at radius 2 is 2.23 bits per heavy atom. The number of nitrogens with zero attached hydrogens (tertiary/aromatic N) is 1. The topological polar surface area (TPSA) is 85.2 Å². The van der Waals surface area contributed by atoms with Crippen LogP contribution in [0.5, 0.6) is 0 Å². The first-order valence-electron chi connectivity index (χ1n) is 6.50. The number of nitriles is 1. The van der Waals surface area contributed by atoms with Gasteiger partial charge >= 0.3 is 6.03 Å². The Morgan fingerprint density at radius 1 is 1.41 bits per heavy atom. The molecule has 2 rings (SSSR count). The van der Waals surface area contributed by atoms with Crippen molar-refractivity contribution < 1.29 is 14.3 Å². The SMILES string of the molecule is N#Cc1ccc(F)c(CNC(=O)NCC(O)c2ccsc2)c1. The van der Waals surface area contributed by atoms with Gasteiger partial charge in [-0.15, -0.1) is 0 Å².